The number of carbonyl (C=O) groups excluding carboxylic acids is 3. The molecule has 0 saturated carbocycles. The zero-order valence-electron chi connectivity index (χ0n) is 16.9. The second kappa shape index (κ2) is 13.0. The number of carboxylic acids is 2. The number of hydrogen-bond donors (Lipinski definition) is 9. The maximum Gasteiger partial charge on any atom is 0.326 e. The molecule has 0 aliphatic rings. The number of nitrogens with zero attached hydrogens (tertiary/aromatic N) is 1. The van der Waals surface area contributed by atoms with Crippen molar-refractivity contribution in [1.29, 1.82) is 0 Å². The van der Waals surface area contributed by atoms with Crippen LogP contribution < -0.4 is 21.7 Å². The fraction of sp³-hybridized carbons (Fsp3) is 0.529. The van der Waals surface area contributed by atoms with Gasteiger partial charge in [-0.1, -0.05) is 0 Å². The lowest BCUT2D eigenvalue weighted by Gasteiger charge is -2.24. The van der Waals surface area contributed by atoms with Crippen molar-refractivity contribution in [3.05, 3.63) is 18.2 Å². The third kappa shape index (κ3) is 8.66. The first kappa shape index (κ1) is 26.5. The molecular formula is C17H26N6O9. The van der Waals surface area contributed by atoms with Crippen molar-refractivity contribution in [2.45, 2.75) is 43.4 Å². The van der Waals surface area contributed by atoms with Crippen molar-refractivity contribution in [3.63, 3.8) is 0 Å². The maximum atomic E-state index is 12.7. The first-order chi connectivity index (χ1) is 15.1. The number of carboxylic acid groups (broad SMARTS) is 2. The van der Waals surface area contributed by atoms with Gasteiger partial charge in [0.05, 0.1) is 19.5 Å². The van der Waals surface area contributed by atoms with Gasteiger partial charge in [0.2, 0.25) is 17.7 Å². The van der Waals surface area contributed by atoms with Crippen molar-refractivity contribution in [2.75, 3.05) is 13.2 Å². The van der Waals surface area contributed by atoms with Crippen LogP contribution in [-0.2, 0) is 30.4 Å². The van der Waals surface area contributed by atoms with Gasteiger partial charge in [0.25, 0.3) is 0 Å². The fourth-order valence-corrected chi connectivity index (χ4v) is 2.45. The molecule has 4 atom stereocenters. The Morgan fingerprint density at radius 3 is 2.03 bits per heavy atom. The van der Waals surface area contributed by atoms with Crippen molar-refractivity contribution in [1.82, 2.24) is 25.9 Å². The quantitative estimate of drug-likeness (QED) is 0.129. The number of amides is 3. The summed E-state index contributed by atoms with van der Waals surface area (Å²) in [5.41, 5.74) is 5.74. The minimum atomic E-state index is -1.53. The van der Waals surface area contributed by atoms with E-state index in [0.29, 0.717) is 5.69 Å². The number of H-pyrrole nitrogens is 1. The van der Waals surface area contributed by atoms with Gasteiger partial charge in [0, 0.05) is 24.7 Å². The molecule has 0 radical (unpaired) electrons. The Bertz CT molecular complexity index is 800. The number of aromatic nitrogens is 2. The van der Waals surface area contributed by atoms with Gasteiger partial charge in [0.15, 0.2) is 0 Å². The summed E-state index contributed by atoms with van der Waals surface area (Å²) in [6.07, 6.45) is 1.60. The van der Waals surface area contributed by atoms with E-state index >= 15 is 0 Å². The van der Waals surface area contributed by atoms with Gasteiger partial charge >= 0.3 is 11.9 Å². The lowest BCUT2D eigenvalue weighted by molar-refractivity contribution is -0.143. The van der Waals surface area contributed by atoms with Crippen LogP contribution in [0.5, 0.6) is 0 Å². The Hall–Kier alpha value is -3.56. The van der Waals surface area contributed by atoms with Crippen LogP contribution in [0, 0.1) is 0 Å². The molecule has 0 saturated heterocycles. The van der Waals surface area contributed by atoms with Gasteiger partial charge in [-0.3, -0.25) is 19.2 Å². The average Bonchev–Trinajstić information content (AvgIpc) is 3.26. The zero-order chi connectivity index (χ0) is 24.3. The molecule has 3 amide bonds. The topological polar surface area (TPSA) is 257 Å². The average molecular weight is 458 g/mol. The second-order valence-electron chi connectivity index (χ2n) is 6.71. The van der Waals surface area contributed by atoms with Crippen LogP contribution in [0.4, 0.5) is 0 Å². The second-order valence-corrected chi connectivity index (χ2v) is 6.71. The van der Waals surface area contributed by atoms with Crippen molar-refractivity contribution < 1.29 is 44.4 Å². The van der Waals surface area contributed by atoms with E-state index in [4.69, 9.17) is 15.9 Å². The molecule has 4 unspecified atom stereocenters. The zero-order valence-corrected chi connectivity index (χ0v) is 16.9. The predicted octanol–water partition coefficient (Wildman–Crippen LogP) is -4.33. The molecular weight excluding hydrogens is 432 g/mol. The molecule has 1 heterocycles. The van der Waals surface area contributed by atoms with Gasteiger partial charge in [-0.2, -0.15) is 0 Å². The summed E-state index contributed by atoms with van der Waals surface area (Å²) in [5, 5.41) is 42.9. The van der Waals surface area contributed by atoms with E-state index in [0.717, 1.165) is 0 Å². The first-order valence-electron chi connectivity index (χ1n) is 9.39. The molecule has 32 heavy (non-hydrogen) atoms. The van der Waals surface area contributed by atoms with Crippen LogP contribution in [0.1, 0.15) is 18.5 Å². The highest BCUT2D eigenvalue weighted by Gasteiger charge is 2.30. The number of aliphatic hydroxyl groups is 2. The summed E-state index contributed by atoms with van der Waals surface area (Å²) in [4.78, 5) is 65.5. The molecule has 0 spiro atoms. The molecule has 0 bridgehead atoms. The number of rotatable bonds is 14. The standard InChI is InChI=1S/C17H26N6O9/c18-9(5-24)14(28)23-12(6-25)16(30)22-11(3-8-4-19-7-20-8)15(29)21-10(17(31)32)1-2-13(26)27/h4,7,9-12,24-25H,1-3,5-6,18H2,(H,19,20)(H,21,29)(H,22,30)(H,23,28)(H,26,27)(H,31,32). The summed E-state index contributed by atoms with van der Waals surface area (Å²) in [6, 6.07) is -5.76. The minimum absolute atomic E-state index is 0.162. The molecule has 15 heteroatoms. The van der Waals surface area contributed by atoms with E-state index in [9.17, 15) is 34.2 Å². The van der Waals surface area contributed by atoms with Gasteiger partial charge in [-0.25, -0.2) is 9.78 Å². The van der Waals surface area contributed by atoms with E-state index < -0.39 is 79.9 Å². The smallest absolute Gasteiger partial charge is 0.326 e. The highest BCUT2D eigenvalue weighted by atomic mass is 16.4. The Kier molecular flexibility index (Phi) is 10.7. The molecule has 1 aromatic heterocycles. The molecule has 1 rings (SSSR count). The van der Waals surface area contributed by atoms with Crippen molar-refractivity contribution in [2.24, 2.45) is 5.73 Å². The Labute approximate surface area is 181 Å². The lowest BCUT2D eigenvalue weighted by Crippen LogP contribution is -2.58. The largest absolute Gasteiger partial charge is 0.481 e. The van der Waals surface area contributed by atoms with Gasteiger partial charge in [-0.15, -0.1) is 0 Å². The molecule has 178 valence electrons. The normalized spacial score (nSPS) is 14.5. The van der Waals surface area contributed by atoms with Crippen molar-refractivity contribution in [3.8, 4) is 0 Å². The Morgan fingerprint density at radius 2 is 1.53 bits per heavy atom. The van der Waals surface area contributed by atoms with Crippen LogP contribution in [0.2, 0.25) is 0 Å². The molecule has 15 nitrogen and oxygen atoms in total. The lowest BCUT2D eigenvalue weighted by atomic mass is 10.1. The highest BCUT2D eigenvalue weighted by molar-refractivity contribution is 5.94. The van der Waals surface area contributed by atoms with Gasteiger partial charge in [-0.05, 0) is 6.42 Å². The molecule has 10 N–H and O–H groups in total. The molecule has 0 aromatic carbocycles. The number of nitrogens with one attached hydrogen (secondary N) is 4. The van der Waals surface area contributed by atoms with Crippen molar-refractivity contribution >= 4 is 29.7 Å². The summed E-state index contributed by atoms with van der Waals surface area (Å²) in [6.45, 7) is -1.56. The maximum absolute atomic E-state index is 12.7. The van der Waals surface area contributed by atoms with Crippen LogP contribution in [-0.4, -0.2) is 97.4 Å². The van der Waals surface area contributed by atoms with Gasteiger partial charge < -0.3 is 47.1 Å². The van der Waals surface area contributed by atoms with Crippen LogP contribution in [0.25, 0.3) is 0 Å². The Morgan fingerprint density at radius 1 is 0.938 bits per heavy atom. The third-order valence-electron chi connectivity index (χ3n) is 4.22. The van der Waals surface area contributed by atoms with E-state index in [-0.39, 0.29) is 6.42 Å². The van der Waals surface area contributed by atoms with E-state index in [1.807, 2.05) is 0 Å². The summed E-state index contributed by atoms with van der Waals surface area (Å²) in [5.74, 6) is -5.57. The molecule has 0 aliphatic carbocycles. The number of carbonyl (C=O) groups is 5. The predicted molar refractivity (Wildman–Crippen MR) is 105 cm³/mol. The van der Waals surface area contributed by atoms with Crippen LogP contribution in [0.3, 0.4) is 0 Å². The molecule has 0 fully saturated rings. The van der Waals surface area contributed by atoms with Crippen LogP contribution >= 0.6 is 0 Å². The number of aliphatic hydroxyl groups excluding tert-OH is 2. The number of imidazole rings is 1. The molecule has 0 aliphatic heterocycles. The SMILES string of the molecule is NC(CO)C(=O)NC(CO)C(=O)NC(Cc1cnc[nH]1)C(=O)NC(CCC(=O)O)C(=O)O. The Balaban J connectivity index is 2.95. The first-order valence-corrected chi connectivity index (χ1v) is 9.39. The van der Waals surface area contributed by atoms with E-state index in [2.05, 4.69) is 25.9 Å². The monoisotopic (exact) mass is 458 g/mol. The van der Waals surface area contributed by atoms with E-state index in [1.54, 1.807) is 0 Å². The van der Waals surface area contributed by atoms with Crippen LogP contribution in [0.15, 0.2) is 12.5 Å². The number of aromatic amines is 1. The number of hydrogen-bond acceptors (Lipinski definition) is 9. The fourth-order valence-electron chi connectivity index (χ4n) is 2.45. The summed E-state index contributed by atoms with van der Waals surface area (Å²) < 4.78 is 0. The summed E-state index contributed by atoms with van der Waals surface area (Å²) >= 11 is 0. The molecule has 1 aromatic rings. The number of nitrogens with two attached hydrogens (primary N) is 1. The van der Waals surface area contributed by atoms with Gasteiger partial charge in [0.1, 0.15) is 24.2 Å². The van der Waals surface area contributed by atoms with E-state index in [1.165, 1.54) is 12.5 Å². The third-order valence-corrected chi connectivity index (χ3v) is 4.22. The highest BCUT2D eigenvalue weighted by Crippen LogP contribution is 2.04. The minimum Gasteiger partial charge on any atom is -0.481 e. The number of aliphatic carboxylic acids is 2. The summed E-state index contributed by atoms with van der Waals surface area (Å²) in [7, 11) is 0.